The average molecular weight is 294 g/mol. The summed E-state index contributed by atoms with van der Waals surface area (Å²) in [6.45, 7) is 0.468. The van der Waals surface area contributed by atoms with Gasteiger partial charge in [-0.3, -0.25) is 14.4 Å². The maximum absolute atomic E-state index is 12.5. The van der Waals surface area contributed by atoms with Crippen LogP contribution in [0, 0.1) is 5.92 Å². The van der Waals surface area contributed by atoms with E-state index in [0.29, 0.717) is 13.0 Å². The second-order valence-electron chi connectivity index (χ2n) is 5.46. The van der Waals surface area contributed by atoms with Crippen LogP contribution in [0.3, 0.4) is 0 Å². The largest absolute Gasteiger partial charge is 0.468 e. The molecule has 6 nitrogen and oxygen atoms in total. The fourth-order valence-electron chi connectivity index (χ4n) is 2.90. The third-order valence-electron chi connectivity index (χ3n) is 4.09. The van der Waals surface area contributed by atoms with E-state index in [2.05, 4.69) is 16.1 Å². The highest BCUT2D eigenvalue weighted by Crippen LogP contribution is 2.25. The number of methoxy groups -OCH3 is 1. The van der Waals surface area contributed by atoms with E-state index in [0.717, 1.165) is 25.7 Å². The van der Waals surface area contributed by atoms with Crippen LogP contribution in [0.1, 0.15) is 32.1 Å². The van der Waals surface area contributed by atoms with Crippen LogP contribution in [0.15, 0.2) is 12.2 Å². The topological polar surface area (TPSA) is 75.7 Å². The molecule has 1 N–H and O–H groups in total. The Hall–Kier alpha value is -1.85. The van der Waals surface area contributed by atoms with Gasteiger partial charge in [0.2, 0.25) is 11.8 Å². The quantitative estimate of drug-likeness (QED) is 0.609. The minimum absolute atomic E-state index is 0.0102. The zero-order valence-corrected chi connectivity index (χ0v) is 12.3. The molecule has 0 aromatic rings. The number of nitrogens with zero attached hydrogens (tertiary/aromatic N) is 1. The number of hydrogen-bond acceptors (Lipinski definition) is 4. The minimum atomic E-state index is -0.489. The second-order valence-corrected chi connectivity index (χ2v) is 5.46. The second kappa shape index (κ2) is 7.24. The van der Waals surface area contributed by atoms with E-state index >= 15 is 0 Å². The zero-order valence-electron chi connectivity index (χ0n) is 12.3. The molecule has 2 amide bonds. The summed E-state index contributed by atoms with van der Waals surface area (Å²) in [7, 11) is 1.27. The Bertz CT molecular complexity index is 447. The molecule has 2 aliphatic rings. The van der Waals surface area contributed by atoms with Gasteiger partial charge in [0.25, 0.3) is 0 Å². The van der Waals surface area contributed by atoms with Crippen LogP contribution in [0.4, 0.5) is 0 Å². The SMILES string of the molecule is COC(=O)CNC(=O)[C@H]1CCCN1C(=O)[C@@H]1CC=CCC1. The number of hydrogen-bond donors (Lipinski definition) is 1. The molecule has 1 fully saturated rings. The van der Waals surface area contributed by atoms with E-state index in [-0.39, 0.29) is 24.3 Å². The zero-order chi connectivity index (χ0) is 15.2. The first-order chi connectivity index (χ1) is 10.1. The fourth-order valence-corrected chi connectivity index (χ4v) is 2.90. The van der Waals surface area contributed by atoms with Crippen molar-refractivity contribution in [1.82, 2.24) is 10.2 Å². The van der Waals surface area contributed by atoms with Crippen LogP contribution in [0.2, 0.25) is 0 Å². The van der Waals surface area contributed by atoms with Crippen LogP contribution in [-0.2, 0) is 19.1 Å². The lowest BCUT2D eigenvalue weighted by Crippen LogP contribution is -2.48. The molecule has 1 saturated heterocycles. The lowest BCUT2D eigenvalue weighted by Gasteiger charge is -2.28. The van der Waals surface area contributed by atoms with Crippen molar-refractivity contribution in [1.29, 1.82) is 0 Å². The Morgan fingerprint density at radius 1 is 1.29 bits per heavy atom. The van der Waals surface area contributed by atoms with E-state index in [1.165, 1.54) is 7.11 Å². The molecule has 1 aliphatic heterocycles. The number of nitrogens with one attached hydrogen (secondary N) is 1. The third kappa shape index (κ3) is 3.83. The molecule has 0 unspecified atom stereocenters. The number of carbonyl (C=O) groups is 3. The summed E-state index contributed by atoms with van der Waals surface area (Å²) in [5, 5.41) is 2.54. The van der Waals surface area contributed by atoms with Gasteiger partial charge in [-0.15, -0.1) is 0 Å². The van der Waals surface area contributed by atoms with Crippen molar-refractivity contribution >= 4 is 17.8 Å². The van der Waals surface area contributed by atoms with Crippen LogP contribution >= 0.6 is 0 Å². The van der Waals surface area contributed by atoms with Crippen LogP contribution < -0.4 is 5.32 Å². The number of allylic oxidation sites excluding steroid dienone is 2. The highest BCUT2D eigenvalue weighted by molar-refractivity contribution is 5.90. The van der Waals surface area contributed by atoms with Gasteiger partial charge in [0.05, 0.1) is 7.11 Å². The molecule has 0 radical (unpaired) electrons. The first kappa shape index (κ1) is 15.5. The van der Waals surface area contributed by atoms with Gasteiger partial charge in [-0.1, -0.05) is 12.2 Å². The summed E-state index contributed by atoms with van der Waals surface area (Å²) in [5.41, 5.74) is 0. The molecule has 2 rings (SSSR count). The number of esters is 1. The fraction of sp³-hybridized carbons (Fsp3) is 0.667. The van der Waals surface area contributed by atoms with E-state index in [1.54, 1.807) is 4.90 Å². The van der Waals surface area contributed by atoms with Gasteiger partial charge in [-0.25, -0.2) is 0 Å². The molecule has 6 heteroatoms. The van der Waals surface area contributed by atoms with Crippen molar-refractivity contribution in [2.24, 2.45) is 5.92 Å². The van der Waals surface area contributed by atoms with Gasteiger partial charge in [0, 0.05) is 12.5 Å². The molecule has 0 spiro atoms. The summed E-state index contributed by atoms with van der Waals surface area (Å²) in [4.78, 5) is 37.4. The Morgan fingerprint density at radius 3 is 2.76 bits per heavy atom. The number of amides is 2. The average Bonchev–Trinajstić information content (AvgIpc) is 3.01. The molecule has 0 aromatic heterocycles. The number of likely N-dealkylation sites (tertiary alicyclic amines) is 1. The predicted molar refractivity (Wildman–Crippen MR) is 76.2 cm³/mol. The van der Waals surface area contributed by atoms with E-state index in [1.807, 2.05) is 6.08 Å². The van der Waals surface area contributed by atoms with Crippen molar-refractivity contribution < 1.29 is 19.1 Å². The number of ether oxygens (including phenoxy) is 1. The Morgan fingerprint density at radius 2 is 2.10 bits per heavy atom. The lowest BCUT2D eigenvalue weighted by molar-refractivity contribution is -0.144. The smallest absolute Gasteiger partial charge is 0.325 e. The normalized spacial score (nSPS) is 24.7. The van der Waals surface area contributed by atoms with Crippen LogP contribution in [0.5, 0.6) is 0 Å². The molecule has 1 heterocycles. The van der Waals surface area contributed by atoms with E-state index in [4.69, 9.17) is 0 Å². The Balaban J connectivity index is 1.92. The molecule has 116 valence electrons. The van der Waals surface area contributed by atoms with Crippen molar-refractivity contribution in [2.75, 3.05) is 20.2 Å². The van der Waals surface area contributed by atoms with Crippen LogP contribution in [-0.4, -0.2) is 48.9 Å². The molecule has 1 aliphatic carbocycles. The summed E-state index contributed by atoms with van der Waals surface area (Å²) in [6, 6.07) is -0.451. The highest BCUT2D eigenvalue weighted by atomic mass is 16.5. The first-order valence-corrected chi connectivity index (χ1v) is 7.43. The summed E-state index contributed by atoms with van der Waals surface area (Å²) in [5.74, 6) is -0.701. The number of rotatable bonds is 4. The van der Waals surface area contributed by atoms with Gasteiger partial charge >= 0.3 is 5.97 Å². The van der Waals surface area contributed by atoms with Crippen molar-refractivity contribution in [3.8, 4) is 0 Å². The minimum Gasteiger partial charge on any atom is -0.468 e. The molecule has 21 heavy (non-hydrogen) atoms. The molecule has 0 saturated carbocycles. The van der Waals surface area contributed by atoms with E-state index < -0.39 is 12.0 Å². The third-order valence-corrected chi connectivity index (χ3v) is 4.09. The van der Waals surface area contributed by atoms with Crippen molar-refractivity contribution in [2.45, 2.75) is 38.1 Å². The summed E-state index contributed by atoms with van der Waals surface area (Å²) < 4.78 is 4.49. The molecular weight excluding hydrogens is 272 g/mol. The lowest BCUT2D eigenvalue weighted by atomic mass is 9.93. The Labute approximate surface area is 124 Å². The van der Waals surface area contributed by atoms with Gasteiger partial charge in [0.15, 0.2) is 0 Å². The van der Waals surface area contributed by atoms with Crippen LogP contribution in [0.25, 0.3) is 0 Å². The van der Waals surface area contributed by atoms with Crippen molar-refractivity contribution in [3.63, 3.8) is 0 Å². The summed E-state index contributed by atoms with van der Waals surface area (Å²) >= 11 is 0. The standard InChI is InChI=1S/C15H22N2O4/c1-21-13(18)10-16-14(19)12-8-5-9-17(12)15(20)11-6-3-2-4-7-11/h2-3,11-12H,4-10H2,1H3,(H,16,19)/t11-,12-/m1/s1. The molecule has 0 aromatic carbocycles. The van der Waals surface area contributed by atoms with Gasteiger partial charge in [0.1, 0.15) is 12.6 Å². The molecule has 0 bridgehead atoms. The molecular formula is C15H22N2O4. The van der Waals surface area contributed by atoms with Crippen molar-refractivity contribution in [3.05, 3.63) is 12.2 Å². The van der Waals surface area contributed by atoms with Gasteiger partial charge < -0.3 is 15.0 Å². The van der Waals surface area contributed by atoms with E-state index in [9.17, 15) is 14.4 Å². The summed E-state index contributed by atoms with van der Waals surface area (Å²) in [6.07, 6.45) is 8.13. The highest BCUT2D eigenvalue weighted by Gasteiger charge is 2.36. The first-order valence-electron chi connectivity index (χ1n) is 7.43. The molecule has 2 atom stereocenters. The van der Waals surface area contributed by atoms with Gasteiger partial charge in [-0.05, 0) is 32.1 Å². The maximum Gasteiger partial charge on any atom is 0.325 e. The van der Waals surface area contributed by atoms with Gasteiger partial charge in [-0.2, -0.15) is 0 Å². The maximum atomic E-state index is 12.5. The predicted octanol–water partition coefficient (Wildman–Crippen LogP) is 0.623. The Kier molecular flexibility index (Phi) is 5.36. The number of carbonyl (C=O) groups excluding carboxylic acids is 3. The monoisotopic (exact) mass is 294 g/mol.